The minimum Gasteiger partial charge on any atom is -0.495 e. The Labute approximate surface area is 108 Å². The van der Waals surface area contributed by atoms with E-state index >= 15 is 0 Å². The molecule has 1 heterocycles. The van der Waals surface area contributed by atoms with Crippen LogP contribution in [0.3, 0.4) is 0 Å². The van der Waals surface area contributed by atoms with Gasteiger partial charge in [0.05, 0.1) is 18.7 Å². The molecule has 1 fully saturated rings. The van der Waals surface area contributed by atoms with Crippen LogP contribution in [0.4, 0.5) is 5.69 Å². The lowest BCUT2D eigenvalue weighted by atomic mass is 9.98. The van der Waals surface area contributed by atoms with Crippen LogP contribution < -0.4 is 15.0 Å². The topological polar surface area (TPSA) is 41.6 Å². The summed E-state index contributed by atoms with van der Waals surface area (Å²) in [4.78, 5) is 14.1. The minimum atomic E-state index is 0.0775. The lowest BCUT2D eigenvalue weighted by molar-refractivity contribution is -0.122. The first-order chi connectivity index (χ1) is 8.74. The highest BCUT2D eigenvalue weighted by Crippen LogP contribution is 2.28. The molecular weight excluding hydrogens is 228 g/mol. The number of amides is 1. The Morgan fingerprint density at radius 2 is 2.22 bits per heavy atom. The van der Waals surface area contributed by atoms with Gasteiger partial charge in [-0.2, -0.15) is 0 Å². The smallest absolute Gasteiger partial charge is 0.231 e. The quantitative estimate of drug-likeness (QED) is 0.884. The first-order valence-electron chi connectivity index (χ1n) is 6.35. The van der Waals surface area contributed by atoms with Crippen LogP contribution in [0, 0.1) is 5.92 Å². The zero-order chi connectivity index (χ0) is 13.0. The van der Waals surface area contributed by atoms with Gasteiger partial charge in [-0.15, -0.1) is 0 Å². The number of methoxy groups -OCH3 is 1. The van der Waals surface area contributed by atoms with Crippen molar-refractivity contribution in [2.75, 3.05) is 32.1 Å². The van der Waals surface area contributed by atoms with Crippen molar-refractivity contribution < 1.29 is 9.53 Å². The van der Waals surface area contributed by atoms with Crippen LogP contribution in [0.1, 0.15) is 12.8 Å². The summed E-state index contributed by atoms with van der Waals surface area (Å²) in [5.74, 6) is 0.970. The molecule has 0 bridgehead atoms. The summed E-state index contributed by atoms with van der Waals surface area (Å²) in [6, 6.07) is 7.61. The van der Waals surface area contributed by atoms with Crippen LogP contribution in [0.5, 0.6) is 5.75 Å². The molecule has 0 radical (unpaired) electrons. The second-order valence-corrected chi connectivity index (χ2v) is 4.61. The van der Waals surface area contributed by atoms with Gasteiger partial charge in [0.25, 0.3) is 0 Å². The van der Waals surface area contributed by atoms with Gasteiger partial charge in [-0.3, -0.25) is 4.79 Å². The van der Waals surface area contributed by atoms with E-state index in [1.54, 1.807) is 12.0 Å². The molecule has 1 aromatic rings. The molecule has 4 heteroatoms. The van der Waals surface area contributed by atoms with E-state index < -0.39 is 0 Å². The summed E-state index contributed by atoms with van der Waals surface area (Å²) in [7, 11) is 3.44. The van der Waals surface area contributed by atoms with Crippen molar-refractivity contribution in [2.45, 2.75) is 12.8 Å². The van der Waals surface area contributed by atoms with Crippen LogP contribution in [-0.4, -0.2) is 33.2 Å². The average Bonchev–Trinajstić information content (AvgIpc) is 2.46. The fourth-order valence-corrected chi connectivity index (χ4v) is 2.36. The van der Waals surface area contributed by atoms with Gasteiger partial charge in [-0.05, 0) is 31.5 Å². The molecule has 1 aliphatic heterocycles. The standard InChI is InChI=1S/C14H20N2O2/c1-16(12-7-3-4-8-13(12)18-2)14(17)11-6-5-9-15-10-11/h3-4,7-8,11,15H,5-6,9-10H2,1-2H3/t11-/m1/s1. The fraction of sp³-hybridized carbons (Fsp3) is 0.500. The van der Waals surface area contributed by atoms with Gasteiger partial charge in [-0.25, -0.2) is 0 Å². The minimum absolute atomic E-state index is 0.0775. The molecule has 98 valence electrons. The highest BCUT2D eigenvalue weighted by molar-refractivity contribution is 5.96. The first-order valence-corrected chi connectivity index (χ1v) is 6.35. The maximum Gasteiger partial charge on any atom is 0.231 e. The third kappa shape index (κ3) is 2.64. The van der Waals surface area contributed by atoms with E-state index in [0.717, 1.165) is 37.4 Å². The summed E-state index contributed by atoms with van der Waals surface area (Å²) in [6.45, 7) is 1.79. The molecule has 1 amide bonds. The molecule has 1 saturated heterocycles. The van der Waals surface area contributed by atoms with Crippen molar-refractivity contribution in [3.8, 4) is 5.75 Å². The van der Waals surface area contributed by atoms with Crippen molar-refractivity contribution in [3.63, 3.8) is 0 Å². The number of carbonyl (C=O) groups is 1. The van der Waals surface area contributed by atoms with E-state index in [1.165, 1.54) is 0 Å². The third-order valence-corrected chi connectivity index (χ3v) is 3.42. The summed E-state index contributed by atoms with van der Waals surface area (Å²) in [5, 5.41) is 3.27. The molecule has 1 aliphatic rings. The number of piperidine rings is 1. The van der Waals surface area contributed by atoms with Crippen LogP contribution in [-0.2, 0) is 4.79 Å². The normalized spacial score (nSPS) is 19.3. The largest absolute Gasteiger partial charge is 0.495 e. The molecule has 1 aromatic carbocycles. The van der Waals surface area contributed by atoms with E-state index in [4.69, 9.17) is 4.74 Å². The number of carbonyl (C=O) groups excluding carboxylic acids is 1. The number of rotatable bonds is 3. The van der Waals surface area contributed by atoms with Crippen molar-refractivity contribution in [3.05, 3.63) is 24.3 Å². The van der Waals surface area contributed by atoms with E-state index in [9.17, 15) is 4.79 Å². The molecule has 18 heavy (non-hydrogen) atoms. The van der Waals surface area contributed by atoms with Gasteiger partial charge >= 0.3 is 0 Å². The van der Waals surface area contributed by atoms with Crippen molar-refractivity contribution in [2.24, 2.45) is 5.92 Å². The SMILES string of the molecule is COc1ccccc1N(C)C(=O)[C@@H]1CCCNC1. The summed E-state index contributed by atoms with van der Waals surface area (Å²) in [5.41, 5.74) is 0.829. The number of anilines is 1. The van der Waals surface area contributed by atoms with Gasteiger partial charge < -0.3 is 15.0 Å². The molecule has 1 N–H and O–H groups in total. The number of hydrogen-bond acceptors (Lipinski definition) is 3. The number of ether oxygens (including phenoxy) is 1. The van der Waals surface area contributed by atoms with E-state index in [2.05, 4.69) is 5.32 Å². The molecule has 0 spiro atoms. The van der Waals surface area contributed by atoms with Crippen LogP contribution >= 0.6 is 0 Å². The van der Waals surface area contributed by atoms with Gasteiger partial charge in [0, 0.05) is 13.6 Å². The van der Waals surface area contributed by atoms with E-state index in [1.807, 2.05) is 31.3 Å². The van der Waals surface area contributed by atoms with Gasteiger partial charge in [0.1, 0.15) is 5.75 Å². The Kier molecular flexibility index (Phi) is 4.20. The zero-order valence-corrected chi connectivity index (χ0v) is 11.0. The molecular formula is C14H20N2O2. The Balaban J connectivity index is 2.14. The Morgan fingerprint density at radius 1 is 1.44 bits per heavy atom. The monoisotopic (exact) mass is 248 g/mol. The summed E-state index contributed by atoms with van der Waals surface area (Å²) in [6.07, 6.45) is 2.03. The third-order valence-electron chi connectivity index (χ3n) is 3.42. The van der Waals surface area contributed by atoms with E-state index in [0.29, 0.717) is 0 Å². The molecule has 0 unspecified atom stereocenters. The highest BCUT2D eigenvalue weighted by atomic mass is 16.5. The van der Waals surface area contributed by atoms with Gasteiger partial charge in [0.15, 0.2) is 0 Å². The van der Waals surface area contributed by atoms with Crippen molar-refractivity contribution >= 4 is 11.6 Å². The molecule has 2 rings (SSSR count). The fourth-order valence-electron chi connectivity index (χ4n) is 2.36. The van der Waals surface area contributed by atoms with Crippen LogP contribution in [0.2, 0.25) is 0 Å². The van der Waals surface area contributed by atoms with Crippen molar-refractivity contribution in [1.82, 2.24) is 5.32 Å². The summed E-state index contributed by atoms with van der Waals surface area (Å²) >= 11 is 0. The van der Waals surface area contributed by atoms with E-state index in [-0.39, 0.29) is 11.8 Å². The summed E-state index contributed by atoms with van der Waals surface area (Å²) < 4.78 is 5.29. The predicted octanol–water partition coefficient (Wildman–Crippen LogP) is 1.66. The Hall–Kier alpha value is -1.55. The van der Waals surface area contributed by atoms with Crippen molar-refractivity contribution in [1.29, 1.82) is 0 Å². The second kappa shape index (κ2) is 5.87. The Morgan fingerprint density at radius 3 is 2.89 bits per heavy atom. The van der Waals surface area contributed by atoms with Gasteiger partial charge in [-0.1, -0.05) is 12.1 Å². The van der Waals surface area contributed by atoms with Crippen LogP contribution in [0.25, 0.3) is 0 Å². The number of hydrogen-bond donors (Lipinski definition) is 1. The lowest BCUT2D eigenvalue weighted by Gasteiger charge is -2.27. The maximum atomic E-state index is 12.4. The predicted molar refractivity (Wildman–Crippen MR) is 72.0 cm³/mol. The number of benzene rings is 1. The van der Waals surface area contributed by atoms with Crippen LogP contribution in [0.15, 0.2) is 24.3 Å². The molecule has 0 aromatic heterocycles. The lowest BCUT2D eigenvalue weighted by Crippen LogP contribution is -2.41. The highest BCUT2D eigenvalue weighted by Gasteiger charge is 2.25. The zero-order valence-electron chi connectivity index (χ0n) is 11.0. The second-order valence-electron chi connectivity index (χ2n) is 4.61. The molecule has 0 saturated carbocycles. The molecule has 0 aliphatic carbocycles. The average molecular weight is 248 g/mol. The first kappa shape index (κ1) is 12.9. The van der Waals surface area contributed by atoms with Gasteiger partial charge in [0.2, 0.25) is 5.91 Å². The molecule has 1 atom stereocenters. The number of para-hydroxylation sites is 2. The maximum absolute atomic E-state index is 12.4. The Bertz CT molecular complexity index is 414. The molecule has 4 nitrogen and oxygen atoms in total. The number of nitrogens with one attached hydrogen (secondary N) is 1. The number of nitrogens with zero attached hydrogens (tertiary/aromatic N) is 1.